The lowest BCUT2D eigenvalue weighted by Crippen LogP contribution is -2.32. The lowest BCUT2D eigenvalue weighted by atomic mass is 9.85. The third-order valence-corrected chi connectivity index (χ3v) is 3.05. The Morgan fingerprint density at radius 2 is 2.29 bits per heavy atom. The summed E-state index contributed by atoms with van der Waals surface area (Å²) in [5.74, 6) is 0.852. The molecule has 2 rings (SSSR count). The highest BCUT2D eigenvalue weighted by Crippen LogP contribution is 2.29. The van der Waals surface area contributed by atoms with Crippen LogP contribution in [0.4, 0.5) is 0 Å². The molecule has 3 nitrogen and oxygen atoms in total. The maximum Gasteiger partial charge on any atom is 0.0948 e. The molecule has 0 spiro atoms. The van der Waals surface area contributed by atoms with Crippen molar-refractivity contribution in [3.8, 4) is 0 Å². The van der Waals surface area contributed by atoms with Crippen LogP contribution in [0.5, 0.6) is 0 Å². The average Bonchev–Trinajstić information content (AvgIpc) is 2.42. The molecule has 1 fully saturated rings. The highest BCUT2D eigenvalue weighted by molar-refractivity contribution is 5.10. The van der Waals surface area contributed by atoms with Crippen LogP contribution in [0.1, 0.15) is 38.8 Å². The van der Waals surface area contributed by atoms with E-state index < -0.39 is 0 Å². The van der Waals surface area contributed by atoms with Crippen molar-refractivity contribution in [3.63, 3.8) is 0 Å². The van der Waals surface area contributed by atoms with Gasteiger partial charge in [-0.05, 0) is 32.6 Å². The molecule has 0 aliphatic heterocycles. The number of imidazole rings is 1. The van der Waals surface area contributed by atoms with Gasteiger partial charge in [-0.25, -0.2) is 4.98 Å². The highest BCUT2D eigenvalue weighted by Gasteiger charge is 2.23. The van der Waals surface area contributed by atoms with Crippen LogP contribution >= 0.6 is 0 Å². The summed E-state index contributed by atoms with van der Waals surface area (Å²) >= 11 is 0. The van der Waals surface area contributed by atoms with Crippen LogP contribution in [0.3, 0.4) is 0 Å². The van der Waals surface area contributed by atoms with Crippen molar-refractivity contribution in [1.29, 1.82) is 0 Å². The first-order chi connectivity index (χ1) is 6.57. The van der Waals surface area contributed by atoms with Gasteiger partial charge in [-0.2, -0.15) is 0 Å². The van der Waals surface area contributed by atoms with Gasteiger partial charge in [0.05, 0.1) is 17.6 Å². The topological polar surface area (TPSA) is 43.8 Å². The van der Waals surface area contributed by atoms with E-state index in [0.29, 0.717) is 0 Å². The van der Waals surface area contributed by atoms with E-state index in [-0.39, 0.29) is 5.54 Å². The summed E-state index contributed by atoms with van der Waals surface area (Å²) in [6.45, 7) is 5.15. The van der Waals surface area contributed by atoms with Crippen molar-refractivity contribution in [2.75, 3.05) is 0 Å². The van der Waals surface area contributed by atoms with E-state index in [1.54, 1.807) is 0 Å². The third kappa shape index (κ3) is 1.82. The van der Waals surface area contributed by atoms with E-state index in [1.165, 1.54) is 19.3 Å². The molecule has 1 aliphatic rings. The Morgan fingerprint density at radius 1 is 1.57 bits per heavy atom. The second-order valence-electron chi connectivity index (χ2n) is 4.95. The van der Waals surface area contributed by atoms with E-state index in [4.69, 9.17) is 5.73 Å². The molecule has 0 saturated heterocycles. The predicted octanol–water partition coefficient (Wildman–Crippen LogP) is 1.88. The summed E-state index contributed by atoms with van der Waals surface area (Å²) in [7, 11) is 0. The van der Waals surface area contributed by atoms with Gasteiger partial charge in [0.1, 0.15) is 0 Å². The molecular weight excluding hydrogens is 174 g/mol. The summed E-state index contributed by atoms with van der Waals surface area (Å²) in [6.07, 6.45) is 7.91. The van der Waals surface area contributed by atoms with Gasteiger partial charge in [0.25, 0.3) is 0 Å². The highest BCUT2D eigenvalue weighted by atomic mass is 15.1. The third-order valence-electron chi connectivity index (χ3n) is 3.05. The number of nitrogens with zero attached hydrogens (tertiary/aromatic N) is 2. The molecule has 1 heterocycles. The minimum Gasteiger partial charge on any atom is -0.333 e. The molecule has 1 aromatic rings. The number of rotatable bonds is 3. The predicted molar refractivity (Wildman–Crippen MR) is 56.8 cm³/mol. The minimum atomic E-state index is -0.278. The molecule has 0 aromatic carbocycles. The Labute approximate surface area is 85.3 Å². The van der Waals surface area contributed by atoms with Crippen LogP contribution in [-0.2, 0) is 12.1 Å². The van der Waals surface area contributed by atoms with Gasteiger partial charge in [0.15, 0.2) is 0 Å². The molecule has 14 heavy (non-hydrogen) atoms. The fourth-order valence-corrected chi connectivity index (χ4v) is 1.96. The molecule has 0 bridgehead atoms. The number of hydrogen-bond acceptors (Lipinski definition) is 2. The molecule has 0 radical (unpaired) electrons. The first kappa shape index (κ1) is 9.71. The van der Waals surface area contributed by atoms with E-state index >= 15 is 0 Å². The molecule has 3 heteroatoms. The van der Waals surface area contributed by atoms with E-state index in [1.807, 2.05) is 26.4 Å². The first-order valence-electron chi connectivity index (χ1n) is 5.37. The Balaban J connectivity index is 2.12. The Morgan fingerprint density at radius 3 is 2.79 bits per heavy atom. The van der Waals surface area contributed by atoms with Crippen LogP contribution in [0.15, 0.2) is 12.5 Å². The zero-order valence-corrected chi connectivity index (χ0v) is 9.03. The zero-order chi connectivity index (χ0) is 10.2. The normalized spacial score (nSPS) is 18.2. The second-order valence-corrected chi connectivity index (χ2v) is 4.95. The van der Waals surface area contributed by atoms with Crippen LogP contribution < -0.4 is 5.73 Å². The van der Waals surface area contributed by atoms with Crippen molar-refractivity contribution in [2.45, 2.75) is 45.2 Å². The molecule has 78 valence electrons. The minimum absolute atomic E-state index is 0.278. The van der Waals surface area contributed by atoms with Gasteiger partial charge in [-0.15, -0.1) is 0 Å². The molecule has 1 aromatic heterocycles. The first-order valence-corrected chi connectivity index (χ1v) is 5.37. The fraction of sp³-hybridized carbons (Fsp3) is 0.727. The SMILES string of the molecule is CC(C)(N)c1cncn1CC1CCC1. The Kier molecular flexibility index (Phi) is 2.35. The van der Waals surface area contributed by atoms with Crippen molar-refractivity contribution in [3.05, 3.63) is 18.2 Å². The molecule has 0 unspecified atom stereocenters. The molecule has 2 N–H and O–H groups in total. The summed E-state index contributed by atoms with van der Waals surface area (Å²) < 4.78 is 2.21. The van der Waals surface area contributed by atoms with Crippen LogP contribution in [0.25, 0.3) is 0 Å². The zero-order valence-electron chi connectivity index (χ0n) is 9.03. The summed E-state index contributed by atoms with van der Waals surface area (Å²) in [6, 6.07) is 0. The van der Waals surface area contributed by atoms with Crippen LogP contribution in [0, 0.1) is 5.92 Å². The van der Waals surface area contributed by atoms with E-state index in [2.05, 4.69) is 9.55 Å². The lowest BCUT2D eigenvalue weighted by molar-refractivity contribution is 0.269. The maximum absolute atomic E-state index is 6.08. The van der Waals surface area contributed by atoms with Gasteiger partial charge in [0.2, 0.25) is 0 Å². The number of nitrogens with two attached hydrogens (primary N) is 1. The summed E-state index contributed by atoms with van der Waals surface area (Å²) in [4.78, 5) is 4.18. The summed E-state index contributed by atoms with van der Waals surface area (Å²) in [5, 5.41) is 0. The largest absolute Gasteiger partial charge is 0.333 e. The number of aromatic nitrogens is 2. The van der Waals surface area contributed by atoms with Gasteiger partial charge >= 0.3 is 0 Å². The Hall–Kier alpha value is -0.830. The van der Waals surface area contributed by atoms with E-state index in [9.17, 15) is 0 Å². The van der Waals surface area contributed by atoms with Crippen molar-refractivity contribution in [2.24, 2.45) is 11.7 Å². The van der Waals surface area contributed by atoms with E-state index in [0.717, 1.165) is 18.2 Å². The monoisotopic (exact) mass is 193 g/mol. The molecular formula is C11H19N3. The molecule has 0 amide bonds. The van der Waals surface area contributed by atoms with Crippen molar-refractivity contribution in [1.82, 2.24) is 9.55 Å². The molecule has 1 saturated carbocycles. The second kappa shape index (κ2) is 3.39. The van der Waals surface area contributed by atoms with Gasteiger partial charge in [0, 0.05) is 12.7 Å². The van der Waals surface area contributed by atoms with Gasteiger partial charge in [-0.3, -0.25) is 0 Å². The van der Waals surface area contributed by atoms with Gasteiger partial charge < -0.3 is 10.3 Å². The van der Waals surface area contributed by atoms with Crippen LogP contribution in [0.2, 0.25) is 0 Å². The standard InChI is InChI=1S/C11H19N3/c1-11(2,12)10-6-13-8-14(10)7-9-4-3-5-9/h6,8-9H,3-5,7,12H2,1-2H3. The van der Waals surface area contributed by atoms with Gasteiger partial charge in [-0.1, -0.05) is 6.42 Å². The van der Waals surface area contributed by atoms with Crippen molar-refractivity contribution < 1.29 is 0 Å². The Bertz CT molecular complexity index is 305. The molecule has 1 aliphatic carbocycles. The maximum atomic E-state index is 6.08. The van der Waals surface area contributed by atoms with Crippen LogP contribution in [-0.4, -0.2) is 9.55 Å². The smallest absolute Gasteiger partial charge is 0.0948 e. The fourth-order valence-electron chi connectivity index (χ4n) is 1.96. The van der Waals surface area contributed by atoms with Crippen molar-refractivity contribution >= 4 is 0 Å². The number of hydrogen-bond donors (Lipinski definition) is 1. The lowest BCUT2D eigenvalue weighted by Gasteiger charge is -2.28. The molecule has 0 atom stereocenters. The summed E-state index contributed by atoms with van der Waals surface area (Å²) in [5.41, 5.74) is 6.94. The quantitative estimate of drug-likeness (QED) is 0.796. The average molecular weight is 193 g/mol.